The molecule has 0 unspecified atom stereocenters. The Morgan fingerprint density at radius 3 is 2.64 bits per heavy atom. The van der Waals surface area contributed by atoms with E-state index in [0.29, 0.717) is 32.0 Å². The molecule has 138 valence electrons. The van der Waals surface area contributed by atoms with E-state index in [9.17, 15) is 9.59 Å². The molecule has 0 aromatic carbocycles. The fraction of sp³-hybridized carbons (Fsp3) is 0.737. The van der Waals surface area contributed by atoms with Gasteiger partial charge in [-0.2, -0.15) is 0 Å². The first-order chi connectivity index (χ1) is 12.0. The highest BCUT2D eigenvalue weighted by atomic mass is 16.2. The highest BCUT2D eigenvalue weighted by Crippen LogP contribution is 2.28. The summed E-state index contributed by atoms with van der Waals surface area (Å²) in [5, 5.41) is 0. The topological polar surface area (TPSA) is 69.3 Å². The molecule has 6 nitrogen and oxygen atoms in total. The van der Waals surface area contributed by atoms with E-state index < -0.39 is 0 Å². The number of hydrogen-bond donors (Lipinski definition) is 1. The minimum Gasteiger partial charge on any atom is -0.345 e. The third-order valence-corrected chi connectivity index (χ3v) is 5.58. The third-order valence-electron chi connectivity index (χ3n) is 5.58. The number of rotatable bonds is 4. The Balaban J connectivity index is 1.61. The number of imidazole rings is 1. The normalized spacial score (nSPS) is 22.7. The van der Waals surface area contributed by atoms with Gasteiger partial charge in [0.15, 0.2) is 0 Å². The molecule has 25 heavy (non-hydrogen) atoms. The van der Waals surface area contributed by atoms with Gasteiger partial charge in [-0.15, -0.1) is 0 Å². The molecule has 1 aliphatic heterocycles. The zero-order chi connectivity index (χ0) is 17.8. The Kier molecular flexibility index (Phi) is 5.76. The number of aromatic amines is 1. The zero-order valence-electron chi connectivity index (χ0n) is 15.5. The summed E-state index contributed by atoms with van der Waals surface area (Å²) < 4.78 is 0. The van der Waals surface area contributed by atoms with Crippen LogP contribution in [0, 0.1) is 12.8 Å². The van der Waals surface area contributed by atoms with Crippen LogP contribution >= 0.6 is 0 Å². The molecule has 0 bridgehead atoms. The van der Waals surface area contributed by atoms with Crippen LogP contribution in [0.2, 0.25) is 0 Å². The summed E-state index contributed by atoms with van der Waals surface area (Å²) in [6.07, 6.45) is 10.1. The number of nitrogens with one attached hydrogen (secondary N) is 1. The molecule has 3 rings (SSSR count). The minimum absolute atomic E-state index is 0.0815. The molecule has 2 heterocycles. The van der Waals surface area contributed by atoms with Crippen LogP contribution < -0.4 is 0 Å². The van der Waals surface area contributed by atoms with Crippen LogP contribution in [0.5, 0.6) is 0 Å². The maximum atomic E-state index is 12.9. The highest BCUT2D eigenvalue weighted by Gasteiger charge is 2.35. The van der Waals surface area contributed by atoms with Gasteiger partial charge in [0.05, 0.1) is 12.5 Å². The van der Waals surface area contributed by atoms with Crippen LogP contribution in [-0.2, 0) is 16.1 Å². The summed E-state index contributed by atoms with van der Waals surface area (Å²) in [5.41, 5.74) is 0.999. The molecule has 1 saturated heterocycles. The van der Waals surface area contributed by atoms with Crippen molar-refractivity contribution in [3.8, 4) is 0 Å². The third kappa shape index (κ3) is 4.41. The molecule has 1 saturated carbocycles. The summed E-state index contributed by atoms with van der Waals surface area (Å²) >= 11 is 0. The molecular formula is C19H30N4O2. The van der Waals surface area contributed by atoms with Gasteiger partial charge in [-0.05, 0) is 26.2 Å². The van der Waals surface area contributed by atoms with Gasteiger partial charge < -0.3 is 14.8 Å². The second kappa shape index (κ2) is 8.02. The van der Waals surface area contributed by atoms with Gasteiger partial charge in [-0.3, -0.25) is 9.59 Å². The van der Waals surface area contributed by atoms with E-state index in [4.69, 9.17) is 0 Å². The van der Waals surface area contributed by atoms with Crippen LogP contribution in [0.4, 0.5) is 0 Å². The number of likely N-dealkylation sites (tertiary alicyclic amines) is 1. The number of hydrogen-bond acceptors (Lipinski definition) is 3. The zero-order valence-corrected chi connectivity index (χ0v) is 15.5. The van der Waals surface area contributed by atoms with E-state index in [-0.39, 0.29) is 17.7 Å². The Labute approximate surface area is 150 Å². The van der Waals surface area contributed by atoms with E-state index in [1.165, 1.54) is 25.7 Å². The molecule has 2 fully saturated rings. The van der Waals surface area contributed by atoms with Crippen LogP contribution in [0.1, 0.15) is 62.9 Å². The number of carbonyl (C=O) groups excluding carboxylic acids is 2. The molecule has 1 aliphatic carbocycles. The molecule has 6 heteroatoms. The van der Waals surface area contributed by atoms with Crippen molar-refractivity contribution in [2.45, 2.75) is 70.9 Å². The largest absolute Gasteiger partial charge is 0.345 e. The van der Waals surface area contributed by atoms with Gasteiger partial charge in [0.2, 0.25) is 11.8 Å². The number of piperidine rings is 1. The maximum absolute atomic E-state index is 12.9. The first-order valence-electron chi connectivity index (χ1n) is 9.59. The lowest BCUT2D eigenvalue weighted by molar-refractivity contribution is -0.144. The summed E-state index contributed by atoms with van der Waals surface area (Å²) in [4.78, 5) is 36.5. The Morgan fingerprint density at radius 1 is 1.28 bits per heavy atom. The lowest BCUT2D eigenvalue weighted by Gasteiger charge is -2.38. The predicted molar refractivity (Wildman–Crippen MR) is 95.7 cm³/mol. The molecule has 1 aromatic rings. The van der Waals surface area contributed by atoms with Crippen molar-refractivity contribution in [1.29, 1.82) is 0 Å². The van der Waals surface area contributed by atoms with Gasteiger partial charge in [0, 0.05) is 37.9 Å². The number of H-pyrrole nitrogens is 1. The lowest BCUT2D eigenvalue weighted by Crippen LogP contribution is -2.50. The summed E-state index contributed by atoms with van der Waals surface area (Å²) in [5.74, 6) is 1.09. The van der Waals surface area contributed by atoms with Gasteiger partial charge >= 0.3 is 0 Å². The van der Waals surface area contributed by atoms with Crippen LogP contribution in [-0.4, -0.2) is 51.2 Å². The summed E-state index contributed by atoms with van der Waals surface area (Å²) in [7, 11) is 1.83. The van der Waals surface area contributed by atoms with Crippen molar-refractivity contribution in [3.63, 3.8) is 0 Å². The first kappa shape index (κ1) is 18.0. The minimum atomic E-state index is -0.0815. The average molecular weight is 346 g/mol. The Morgan fingerprint density at radius 2 is 2.00 bits per heavy atom. The standard InChI is InChI=1S/C19H30N4O2/c1-14-11-20-17(21-14)13-22(2)19(25)15-9-10-18(24)23(12-15)16-7-5-3-4-6-8-16/h11,15-16H,3-10,12-13H2,1-2H3,(H,20,21)/t15-/m1/s1. The van der Waals surface area contributed by atoms with E-state index in [2.05, 4.69) is 9.97 Å². The van der Waals surface area contributed by atoms with Gasteiger partial charge in [0.25, 0.3) is 0 Å². The second-order valence-electron chi connectivity index (χ2n) is 7.63. The number of aromatic nitrogens is 2. The van der Waals surface area contributed by atoms with Gasteiger partial charge in [-0.1, -0.05) is 25.7 Å². The molecule has 2 amide bonds. The molecule has 1 atom stereocenters. The SMILES string of the molecule is Cc1cnc(CN(C)C(=O)[C@@H]2CCC(=O)N(C3CCCCCC3)C2)[nH]1. The van der Waals surface area contributed by atoms with E-state index in [1.807, 2.05) is 18.9 Å². The number of carbonyl (C=O) groups is 2. The second-order valence-corrected chi connectivity index (χ2v) is 7.63. The number of amides is 2. The highest BCUT2D eigenvalue weighted by molar-refractivity contribution is 5.83. The fourth-order valence-corrected chi connectivity index (χ4v) is 4.16. The molecule has 0 radical (unpaired) electrons. The van der Waals surface area contributed by atoms with E-state index in [0.717, 1.165) is 24.4 Å². The Bertz CT molecular complexity index is 604. The van der Waals surface area contributed by atoms with Crippen molar-refractivity contribution in [1.82, 2.24) is 19.8 Å². The molecule has 0 spiro atoms. The number of aryl methyl sites for hydroxylation is 1. The first-order valence-corrected chi connectivity index (χ1v) is 9.59. The fourth-order valence-electron chi connectivity index (χ4n) is 4.16. The van der Waals surface area contributed by atoms with Gasteiger partial charge in [-0.25, -0.2) is 4.98 Å². The van der Waals surface area contributed by atoms with Crippen molar-refractivity contribution in [2.24, 2.45) is 5.92 Å². The van der Waals surface area contributed by atoms with Crippen LogP contribution in [0.25, 0.3) is 0 Å². The van der Waals surface area contributed by atoms with Crippen molar-refractivity contribution in [2.75, 3.05) is 13.6 Å². The van der Waals surface area contributed by atoms with Gasteiger partial charge in [0.1, 0.15) is 5.82 Å². The lowest BCUT2D eigenvalue weighted by atomic mass is 9.93. The van der Waals surface area contributed by atoms with E-state index in [1.54, 1.807) is 11.1 Å². The predicted octanol–water partition coefficient (Wildman–Crippen LogP) is 2.64. The molecule has 1 N–H and O–H groups in total. The van der Waals surface area contributed by atoms with E-state index >= 15 is 0 Å². The Hall–Kier alpha value is -1.85. The summed E-state index contributed by atoms with van der Waals surface area (Å²) in [6, 6.07) is 0.337. The molecule has 2 aliphatic rings. The van der Waals surface area contributed by atoms with Crippen LogP contribution in [0.15, 0.2) is 6.20 Å². The van der Waals surface area contributed by atoms with Crippen LogP contribution in [0.3, 0.4) is 0 Å². The quantitative estimate of drug-likeness (QED) is 0.852. The molecular weight excluding hydrogens is 316 g/mol. The monoisotopic (exact) mass is 346 g/mol. The maximum Gasteiger partial charge on any atom is 0.227 e. The summed E-state index contributed by atoms with van der Waals surface area (Å²) in [6.45, 7) is 3.03. The average Bonchev–Trinajstić information content (AvgIpc) is 2.85. The van der Waals surface area contributed by atoms with Crippen molar-refractivity contribution in [3.05, 3.63) is 17.7 Å². The van der Waals surface area contributed by atoms with Crippen molar-refractivity contribution >= 4 is 11.8 Å². The molecule has 1 aromatic heterocycles. The van der Waals surface area contributed by atoms with Crippen molar-refractivity contribution < 1.29 is 9.59 Å². The smallest absolute Gasteiger partial charge is 0.227 e. The number of nitrogens with zero attached hydrogens (tertiary/aromatic N) is 3.